The third kappa shape index (κ3) is 4.48. The average Bonchev–Trinajstić information content (AvgIpc) is 2.29. The summed E-state index contributed by atoms with van der Waals surface area (Å²) in [6.45, 7) is 3.49. The Labute approximate surface area is 103 Å². The molecular formula is C12H15NO3S. The molecule has 17 heavy (non-hydrogen) atoms. The maximum Gasteiger partial charge on any atom is 0.246 e. The van der Waals surface area contributed by atoms with E-state index in [9.17, 15) is 14.3 Å². The van der Waals surface area contributed by atoms with Gasteiger partial charge in [0.25, 0.3) is 0 Å². The van der Waals surface area contributed by atoms with Gasteiger partial charge in [0.15, 0.2) is 0 Å². The Balaban J connectivity index is 2.67. The van der Waals surface area contributed by atoms with E-state index in [0.29, 0.717) is 10.7 Å². The molecule has 0 aliphatic heterocycles. The van der Waals surface area contributed by atoms with Crippen molar-refractivity contribution >= 4 is 10.8 Å². The van der Waals surface area contributed by atoms with E-state index in [0.717, 1.165) is 11.8 Å². The molecule has 92 valence electrons. The van der Waals surface area contributed by atoms with Gasteiger partial charge in [-0.3, -0.25) is 14.3 Å². The van der Waals surface area contributed by atoms with Crippen molar-refractivity contribution in [1.82, 2.24) is 0 Å². The Morgan fingerprint density at radius 2 is 2.06 bits per heavy atom. The predicted molar refractivity (Wildman–Crippen MR) is 68.6 cm³/mol. The van der Waals surface area contributed by atoms with E-state index in [1.807, 2.05) is 37.3 Å². The van der Waals surface area contributed by atoms with E-state index >= 15 is 0 Å². The van der Waals surface area contributed by atoms with Crippen molar-refractivity contribution in [2.75, 3.05) is 5.75 Å². The van der Waals surface area contributed by atoms with Crippen LogP contribution >= 0.6 is 0 Å². The minimum Gasteiger partial charge on any atom is -0.259 e. The SMILES string of the molecule is C/C(=C/[N+](=O)[O-])[S@](=O)C[C@@H](C)c1ccccc1. The molecule has 0 aliphatic rings. The highest BCUT2D eigenvalue weighted by Gasteiger charge is 2.13. The molecule has 2 atom stereocenters. The summed E-state index contributed by atoms with van der Waals surface area (Å²) < 4.78 is 11.8. The van der Waals surface area contributed by atoms with Gasteiger partial charge in [0, 0.05) is 5.75 Å². The molecule has 0 aliphatic carbocycles. The molecule has 0 radical (unpaired) electrons. The maximum atomic E-state index is 11.8. The first-order valence-electron chi connectivity index (χ1n) is 5.26. The Kier molecular flexibility index (Phi) is 5.03. The van der Waals surface area contributed by atoms with Gasteiger partial charge < -0.3 is 0 Å². The van der Waals surface area contributed by atoms with Gasteiger partial charge in [0.05, 0.1) is 20.6 Å². The summed E-state index contributed by atoms with van der Waals surface area (Å²) in [7, 11) is -1.30. The lowest BCUT2D eigenvalue weighted by molar-refractivity contribution is -0.402. The van der Waals surface area contributed by atoms with Gasteiger partial charge in [0.1, 0.15) is 0 Å². The number of hydrogen-bond acceptors (Lipinski definition) is 3. The second-order valence-electron chi connectivity index (χ2n) is 3.85. The number of nitrogens with zero attached hydrogens (tertiary/aromatic N) is 1. The minimum absolute atomic E-state index is 0.118. The monoisotopic (exact) mass is 253 g/mol. The van der Waals surface area contributed by atoms with Crippen molar-refractivity contribution in [1.29, 1.82) is 0 Å². The normalized spacial score (nSPS) is 15.3. The van der Waals surface area contributed by atoms with Crippen LogP contribution in [-0.4, -0.2) is 14.9 Å². The third-order valence-corrected chi connectivity index (χ3v) is 4.04. The second kappa shape index (κ2) is 6.30. The molecule has 4 nitrogen and oxygen atoms in total. The highest BCUT2D eigenvalue weighted by atomic mass is 32.2. The van der Waals surface area contributed by atoms with Crippen LogP contribution in [0.4, 0.5) is 0 Å². The first kappa shape index (κ1) is 13.6. The zero-order valence-corrected chi connectivity index (χ0v) is 10.6. The highest BCUT2D eigenvalue weighted by Crippen LogP contribution is 2.17. The summed E-state index contributed by atoms with van der Waals surface area (Å²) in [6, 6.07) is 9.71. The van der Waals surface area contributed by atoms with Gasteiger partial charge in [-0.15, -0.1) is 0 Å². The number of allylic oxidation sites excluding steroid dienone is 1. The maximum absolute atomic E-state index is 11.8. The van der Waals surface area contributed by atoms with Crippen LogP contribution in [0.2, 0.25) is 0 Å². The van der Waals surface area contributed by atoms with Crippen LogP contribution in [0.25, 0.3) is 0 Å². The molecule has 0 amide bonds. The summed E-state index contributed by atoms with van der Waals surface area (Å²) in [5.74, 6) is 0.521. The van der Waals surface area contributed by atoms with Crippen molar-refractivity contribution in [3.63, 3.8) is 0 Å². The van der Waals surface area contributed by atoms with Gasteiger partial charge in [-0.2, -0.15) is 0 Å². The predicted octanol–water partition coefficient (Wildman–Crippen LogP) is 2.68. The highest BCUT2D eigenvalue weighted by molar-refractivity contribution is 7.88. The van der Waals surface area contributed by atoms with E-state index < -0.39 is 15.7 Å². The van der Waals surface area contributed by atoms with E-state index in [4.69, 9.17) is 0 Å². The largest absolute Gasteiger partial charge is 0.259 e. The molecule has 0 saturated carbocycles. The van der Waals surface area contributed by atoms with E-state index in [1.54, 1.807) is 0 Å². The van der Waals surface area contributed by atoms with Crippen LogP contribution in [0.5, 0.6) is 0 Å². The fraction of sp³-hybridized carbons (Fsp3) is 0.333. The lowest BCUT2D eigenvalue weighted by atomic mass is 10.0. The molecule has 1 rings (SSSR count). The van der Waals surface area contributed by atoms with Crippen molar-refractivity contribution in [2.45, 2.75) is 19.8 Å². The number of benzene rings is 1. The molecule has 0 spiro atoms. The number of rotatable bonds is 5. The molecule has 0 heterocycles. The zero-order valence-electron chi connectivity index (χ0n) is 9.83. The summed E-state index contributed by atoms with van der Waals surface area (Å²) in [4.78, 5) is 10.00. The molecule has 1 aromatic rings. The van der Waals surface area contributed by atoms with Crippen molar-refractivity contribution in [2.24, 2.45) is 0 Å². The second-order valence-corrected chi connectivity index (χ2v) is 5.52. The number of hydrogen-bond donors (Lipinski definition) is 0. The summed E-state index contributed by atoms with van der Waals surface area (Å²) in [5, 5.41) is 10.3. The van der Waals surface area contributed by atoms with E-state index in [2.05, 4.69) is 0 Å². The average molecular weight is 253 g/mol. The Hall–Kier alpha value is -1.49. The van der Waals surface area contributed by atoms with Crippen LogP contribution in [0.3, 0.4) is 0 Å². The fourth-order valence-corrected chi connectivity index (χ4v) is 2.56. The molecule has 1 aromatic carbocycles. The van der Waals surface area contributed by atoms with E-state index in [1.165, 1.54) is 6.92 Å². The molecule has 0 N–H and O–H groups in total. The summed E-state index contributed by atoms with van der Waals surface area (Å²) >= 11 is 0. The Morgan fingerprint density at radius 3 is 2.59 bits per heavy atom. The Morgan fingerprint density at radius 1 is 1.47 bits per heavy atom. The third-order valence-electron chi connectivity index (χ3n) is 2.42. The van der Waals surface area contributed by atoms with Crippen LogP contribution in [-0.2, 0) is 10.8 Å². The summed E-state index contributed by atoms with van der Waals surface area (Å²) in [5.41, 5.74) is 1.09. The fourth-order valence-electron chi connectivity index (χ4n) is 1.44. The van der Waals surface area contributed by atoms with Gasteiger partial charge in [-0.25, -0.2) is 0 Å². The quantitative estimate of drug-likeness (QED) is 0.598. The first-order chi connectivity index (χ1) is 8.00. The molecular weight excluding hydrogens is 238 g/mol. The van der Waals surface area contributed by atoms with Crippen LogP contribution < -0.4 is 0 Å². The van der Waals surface area contributed by atoms with Crippen molar-refractivity contribution in [3.8, 4) is 0 Å². The van der Waals surface area contributed by atoms with Crippen LogP contribution in [0, 0.1) is 10.1 Å². The lowest BCUT2D eigenvalue weighted by Crippen LogP contribution is -2.08. The minimum atomic E-state index is -1.30. The lowest BCUT2D eigenvalue weighted by Gasteiger charge is -2.10. The van der Waals surface area contributed by atoms with Crippen molar-refractivity contribution < 1.29 is 9.13 Å². The molecule has 0 saturated heterocycles. The van der Waals surface area contributed by atoms with Gasteiger partial charge in [-0.1, -0.05) is 37.3 Å². The summed E-state index contributed by atoms with van der Waals surface area (Å²) in [6.07, 6.45) is 0.813. The van der Waals surface area contributed by atoms with Crippen LogP contribution in [0.15, 0.2) is 41.4 Å². The standard InChI is InChI=1S/C12H15NO3S/c1-10(12-6-4-3-5-7-12)9-17(16)11(2)8-13(14)15/h3-8,10H,9H2,1-2H3/b11-8-/t10-,17-/m1/s1. The number of nitro groups is 1. The topological polar surface area (TPSA) is 60.2 Å². The molecule has 0 fully saturated rings. The zero-order chi connectivity index (χ0) is 12.8. The van der Waals surface area contributed by atoms with Gasteiger partial charge >= 0.3 is 0 Å². The molecule has 0 aromatic heterocycles. The van der Waals surface area contributed by atoms with Gasteiger partial charge in [0.2, 0.25) is 6.20 Å². The molecule has 0 bridgehead atoms. The molecule has 5 heteroatoms. The molecule has 0 unspecified atom stereocenters. The van der Waals surface area contributed by atoms with Gasteiger partial charge in [-0.05, 0) is 18.4 Å². The van der Waals surface area contributed by atoms with E-state index in [-0.39, 0.29) is 5.92 Å². The smallest absolute Gasteiger partial charge is 0.246 e. The van der Waals surface area contributed by atoms with Crippen molar-refractivity contribution in [3.05, 3.63) is 57.1 Å². The van der Waals surface area contributed by atoms with Crippen LogP contribution in [0.1, 0.15) is 25.3 Å². The first-order valence-corrected chi connectivity index (χ1v) is 6.58. The Bertz CT molecular complexity index is 442.